The second-order valence-corrected chi connectivity index (χ2v) is 3.03. The first-order chi connectivity index (χ1) is 6.15. The molecule has 0 aromatic heterocycles. The molecule has 4 heteroatoms. The van der Waals surface area contributed by atoms with Gasteiger partial charge in [-0.15, -0.1) is 0 Å². The smallest absolute Gasteiger partial charge is 0.253 e. The number of rotatable bonds is 2. The lowest BCUT2D eigenvalue weighted by atomic mass is 10.1. The molecule has 0 atom stereocenters. The van der Waals surface area contributed by atoms with Gasteiger partial charge in [-0.1, -0.05) is 11.6 Å². The largest absolute Gasteiger partial charge is 0.398 e. The number of hydrogen-bond acceptors (Lipinski definition) is 2. The second kappa shape index (κ2) is 4.14. The quantitative estimate of drug-likeness (QED) is 0.711. The third-order valence-electron chi connectivity index (χ3n) is 1.60. The Morgan fingerprint density at radius 3 is 2.92 bits per heavy atom. The number of benzene rings is 1. The summed E-state index contributed by atoms with van der Waals surface area (Å²) in [7, 11) is 0. The topological polar surface area (TPSA) is 55.1 Å². The number of carbonyl (C=O) groups excluding carboxylic acids is 1. The van der Waals surface area contributed by atoms with E-state index < -0.39 is 0 Å². The summed E-state index contributed by atoms with van der Waals surface area (Å²) in [5, 5.41) is 3.16. The van der Waals surface area contributed by atoms with Crippen LogP contribution in [0.5, 0.6) is 0 Å². The molecule has 0 aliphatic heterocycles. The van der Waals surface area contributed by atoms with Gasteiger partial charge in [0.05, 0.1) is 5.56 Å². The van der Waals surface area contributed by atoms with Crippen LogP contribution in [0, 0.1) is 0 Å². The molecule has 0 spiro atoms. The molecule has 0 fully saturated rings. The summed E-state index contributed by atoms with van der Waals surface area (Å²) in [6.07, 6.45) is 0. The highest BCUT2D eigenvalue weighted by Gasteiger charge is 2.08. The Kier molecular flexibility index (Phi) is 3.14. The SMILES string of the molecule is CCNC(=O)c1cc(Cl)ccc1N. The van der Waals surface area contributed by atoms with Crippen LogP contribution in [0.25, 0.3) is 0 Å². The first-order valence-electron chi connectivity index (χ1n) is 3.98. The van der Waals surface area contributed by atoms with Crippen molar-refractivity contribution in [1.29, 1.82) is 0 Å². The predicted molar refractivity (Wildman–Crippen MR) is 53.9 cm³/mol. The minimum Gasteiger partial charge on any atom is -0.398 e. The molecule has 0 unspecified atom stereocenters. The lowest BCUT2D eigenvalue weighted by Crippen LogP contribution is -2.23. The van der Waals surface area contributed by atoms with Gasteiger partial charge in [0.2, 0.25) is 0 Å². The van der Waals surface area contributed by atoms with Gasteiger partial charge in [-0.2, -0.15) is 0 Å². The Labute approximate surface area is 81.9 Å². The van der Waals surface area contributed by atoms with Crippen LogP contribution in [0.1, 0.15) is 17.3 Å². The second-order valence-electron chi connectivity index (χ2n) is 2.59. The van der Waals surface area contributed by atoms with Crippen LogP contribution in [0.3, 0.4) is 0 Å². The maximum atomic E-state index is 11.4. The van der Waals surface area contributed by atoms with Gasteiger partial charge in [0.15, 0.2) is 0 Å². The molecular formula is C9H11ClN2O. The van der Waals surface area contributed by atoms with E-state index in [1.54, 1.807) is 18.2 Å². The lowest BCUT2D eigenvalue weighted by Gasteiger charge is -2.05. The van der Waals surface area contributed by atoms with Crippen LogP contribution >= 0.6 is 11.6 Å². The van der Waals surface area contributed by atoms with Crippen LogP contribution in [0.2, 0.25) is 5.02 Å². The van der Waals surface area contributed by atoms with Crippen molar-refractivity contribution in [1.82, 2.24) is 5.32 Å². The van der Waals surface area contributed by atoms with Crippen molar-refractivity contribution in [3.8, 4) is 0 Å². The summed E-state index contributed by atoms with van der Waals surface area (Å²) >= 11 is 5.73. The minimum absolute atomic E-state index is 0.192. The third kappa shape index (κ3) is 2.36. The fraction of sp³-hybridized carbons (Fsp3) is 0.222. The fourth-order valence-corrected chi connectivity index (χ4v) is 1.15. The molecule has 0 saturated heterocycles. The molecule has 1 aromatic carbocycles. The monoisotopic (exact) mass is 198 g/mol. The highest BCUT2D eigenvalue weighted by atomic mass is 35.5. The van der Waals surface area contributed by atoms with Crippen molar-refractivity contribution in [3.63, 3.8) is 0 Å². The summed E-state index contributed by atoms with van der Waals surface area (Å²) in [5.41, 5.74) is 6.47. The number of halogens is 1. The maximum Gasteiger partial charge on any atom is 0.253 e. The molecule has 0 radical (unpaired) electrons. The van der Waals surface area contributed by atoms with Gasteiger partial charge in [-0.3, -0.25) is 4.79 Å². The summed E-state index contributed by atoms with van der Waals surface area (Å²) in [5.74, 6) is -0.192. The van der Waals surface area contributed by atoms with E-state index in [2.05, 4.69) is 5.32 Å². The molecule has 0 bridgehead atoms. The highest BCUT2D eigenvalue weighted by Crippen LogP contribution is 2.17. The molecule has 0 heterocycles. The van der Waals surface area contributed by atoms with Crippen LogP contribution in [0.4, 0.5) is 5.69 Å². The maximum absolute atomic E-state index is 11.4. The molecule has 13 heavy (non-hydrogen) atoms. The van der Waals surface area contributed by atoms with Crippen LogP contribution in [0.15, 0.2) is 18.2 Å². The van der Waals surface area contributed by atoms with Gasteiger partial charge in [-0.25, -0.2) is 0 Å². The van der Waals surface area contributed by atoms with Crippen LogP contribution in [-0.4, -0.2) is 12.5 Å². The molecular weight excluding hydrogens is 188 g/mol. The van der Waals surface area contributed by atoms with E-state index >= 15 is 0 Å². The Morgan fingerprint density at radius 1 is 1.62 bits per heavy atom. The number of nitrogens with two attached hydrogens (primary N) is 1. The molecule has 70 valence electrons. The molecule has 0 aliphatic carbocycles. The van der Waals surface area contributed by atoms with Gasteiger partial charge in [0.1, 0.15) is 0 Å². The van der Waals surface area contributed by atoms with E-state index in [-0.39, 0.29) is 5.91 Å². The van der Waals surface area contributed by atoms with Crippen molar-refractivity contribution in [2.75, 3.05) is 12.3 Å². The summed E-state index contributed by atoms with van der Waals surface area (Å²) in [6, 6.07) is 4.83. The Balaban J connectivity index is 2.99. The van der Waals surface area contributed by atoms with E-state index in [9.17, 15) is 4.79 Å². The van der Waals surface area contributed by atoms with E-state index in [1.807, 2.05) is 6.92 Å². The molecule has 0 aliphatic rings. The average molecular weight is 199 g/mol. The Bertz CT molecular complexity index is 325. The number of nitrogen functional groups attached to an aromatic ring is 1. The molecule has 1 amide bonds. The van der Waals surface area contributed by atoms with E-state index in [4.69, 9.17) is 17.3 Å². The molecule has 3 N–H and O–H groups in total. The lowest BCUT2D eigenvalue weighted by molar-refractivity contribution is 0.0956. The van der Waals surface area contributed by atoms with E-state index in [0.717, 1.165) is 0 Å². The van der Waals surface area contributed by atoms with Crippen molar-refractivity contribution in [2.24, 2.45) is 0 Å². The summed E-state index contributed by atoms with van der Waals surface area (Å²) in [4.78, 5) is 11.4. The normalized spacial score (nSPS) is 9.69. The number of amides is 1. The molecule has 1 aromatic rings. The number of hydrogen-bond donors (Lipinski definition) is 2. The average Bonchev–Trinajstić information content (AvgIpc) is 2.09. The zero-order valence-electron chi connectivity index (χ0n) is 7.30. The van der Waals surface area contributed by atoms with E-state index in [0.29, 0.717) is 22.8 Å². The van der Waals surface area contributed by atoms with Gasteiger partial charge in [0.25, 0.3) is 5.91 Å². The number of nitrogens with one attached hydrogen (secondary N) is 1. The molecule has 1 rings (SSSR count). The van der Waals surface area contributed by atoms with Gasteiger partial charge >= 0.3 is 0 Å². The van der Waals surface area contributed by atoms with Crippen molar-refractivity contribution >= 4 is 23.2 Å². The van der Waals surface area contributed by atoms with Gasteiger partial charge in [0, 0.05) is 17.3 Å². The zero-order chi connectivity index (χ0) is 9.84. The van der Waals surface area contributed by atoms with Crippen molar-refractivity contribution in [2.45, 2.75) is 6.92 Å². The molecule has 0 saturated carbocycles. The minimum atomic E-state index is -0.192. The van der Waals surface area contributed by atoms with Crippen molar-refractivity contribution < 1.29 is 4.79 Å². The van der Waals surface area contributed by atoms with Gasteiger partial charge < -0.3 is 11.1 Å². The standard InChI is InChI=1S/C9H11ClN2O/c1-2-12-9(13)7-5-6(10)3-4-8(7)11/h3-5H,2,11H2,1H3,(H,12,13). The summed E-state index contributed by atoms with van der Waals surface area (Å²) < 4.78 is 0. The zero-order valence-corrected chi connectivity index (χ0v) is 8.06. The van der Waals surface area contributed by atoms with Gasteiger partial charge in [-0.05, 0) is 25.1 Å². The summed E-state index contributed by atoms with van der Waals surface area (Å²) in [6.45, 7) is 2.42. The van der Waals surface area contributed by atoms with Crippen molar-refractivity contribution in [3.05, 3.63) is 28.8 Å². The Hall–Kier alpha value is -1.22. The molecule has 3 nitrogen and oxygen atoms in total. The fourth-order valence-electron chi connectivity index (χ4n) is 0.981. The Morgan fingerprint density at radius 2 is 2.31 bits per heavy atom. The first kappa shape index (κ1) is 9.86. The first-order valence-corrected chi connectivity index (χ1v) is 4.36. The number of carbonyl (C=O) groups is 1. The highest BCUT2D eigenvalue weighted by molar-refractivity contribution is 6.31. The predicted octanol–water partition coefficient (Wildman–Crippen LogP) is 1.67. The van der Waals surface area contributed by atoms with Crippen LogP contribution < -0.4 is 11.1 Å². The third-order valence-corrected chi connectivity index (χ3v) is 1.83. The van der Waals surface area contributed by atoms with Crippen LogP contribution in [-0.2, 0) is 0 Å². The van der Waals surface area contributed by atoms with E-state index in [1.165, 1.54) is 0 Å². The number of anilines is 1.